The van der Waals surface area contributed by atoms with E-state index in [0.29, 0.717) is 5.75 Å². The van der Waals surface area contributed by atoms with Gasteiger partial charge in [-0.3, -0.25) is 9.59 Å². The molecule has 0 radical (unpaired) electrons. The molecule has 2 amide bonds. The molecule has 2 rings (SSSR count). The number of benzene rings is 2. The normalized spacial score (nSPS) is 10.3. The van der Waals surface area contributed by atoms with E-state index in [4.69, 9.17) is 0 Å². The SMILES string of the molecule is CCc1cccc(C)c1NC(=O)CSc1cccc(NC(C)=O)c1. The lowest BCUT2D eigenvalue weighted by atomic mass is 10.1. The highest BCUT2D eigenvalue weighted by Gasteiger charge is 2.09. The summed E-state index contributed by atoms with van der Waals surface area (Å²) in [5, 5.41) is 5.76. The van der Waals surface area contributed by atoms with Crippen molar-refractivity contribution in [2.75, 3.05) is 16.4 Å². The molecule has 5 heteroatoms. The molecule has 0 unspecified atom stereocenters. The highest BCUT2D eigenvalue weighted by molar-refractivity contribution is 8.00. The minimum absolute atomic E-state index is 0.0334. The lowest BCUT2D eigenvalue weighted by molar-refractivity contribution is -0.114. The fourth-order valence-corrected chi connectivity index (χ4v) is 3.15. The van der Waals surface area contributed by atoms with Gasteiger partial charge in [-0.05, 0) is 42.7 Å². The maximum absolute atomic E-state index is 12.3. The van der Waals surface area contributed by atoms with Crippen molar-refractivity contribution in [2.24, 2.45) is 0 Å². The minimum atomic E-state index is -0.110. The molecule has 2 aromatic rings. The fourth-order valence-electron chi connectivity index (χ4n) is 2.39. The molecule has 4 nitrogen and oxygen atoms in total. The number of para-hydroxylation sites is 1. The van der Waals surface area contributed by atoms with Gasteiger partial charge in [0.05, 0.1) is 5.75 Å². The van der Waals surface area contributed by atoms with E-state index in [1.807, 2.05) is 49.4 Å². The monoisotopic (exact) mass is 342 g/mol. The van der Waals surface area contributed by atoms with Crippen molar-refractivity contribution in [1.82, 2.24) is 0 Å². The number of hydrogen-bond acceptors (Lipinski definition) is 3. The van der Waals surface area contributed by atoms with E-state index in [1.54, 1.807) is 0 Å². The molecule has 0 spiro atoms. The van der Waals surface area contributed by atoms with Gasteiger partial charge in [-0.15, -0.1) is 11.8 Å². The molecule has 0 saturated heterocycles. The summed E-state index contributed by atoms with van der Waals surface area (Å²) in [7, 11) is 0. The first-order chi connectivity index (χ1) is 11.5. The largest absolute Gasteiger partial charge is 0.326 e. The number of carbonyl (C=O) groups is 2. The average molecular weight is 342 g/mol. The zero-order chi connectivity index (χ0) is 17.5. The van der Waals surface area contributed by atoms with E-state index in [0.717, 1.165) is 33.8 Å². The van der Waals surface area contributed by atoms with Gasteiger partial charge in [0.1, 0.15) is 0 Å². The summed E-state index contributed by atoms with van der Waals surface area (Å²) < 4.78 is 0. The standard InChI is InChI=1S/C19H22N2O2S/c1-4-15-8-5-7-13(2)19(15)21-18(23)12-24-17-10-6-9-16(11-17)20-14(3)22/h5-11H,4,12H2,1-3H3,(H,20,22)(H,21,23). The maximum Gasteiger partial charge on any atom is 0.234 e. The molecule has 126 valence electrons. The van der Waals surface area contributed by atoms with E-state index >= 15 is 0 Å². The maximum atomic E-state index is 12.3. The van der Waals surface area contributed by atoms with Gasteiger partial charge in [0.15, 0.2) is 0 Å². The van der Waals surface area contributed by atoms with Crippen LogP contribution in [0.1, 0.15) is 25.0 Å². The molecule has 24 heavy (non-hydrogen) atoms. The van der Waals surface area contributed by atoms with Crippen molar-refractivity contribution in [3.63, 3.8) is 0 Å². The molecule has 0 saturated carbocycles. The fraction of sp³-hybridized carbons (Fsp3) is 0.263. The van der Waals surface area contributed by atoms with E-state index < -0.39 is 0 Å². The first kappa shape index (κ1) is 18.1. The quantitative estimate of drug-likeness (QED) is 0.772. The average Bonchev–Trinajstić information content (AvgIpc) is 2.54. The molecule has 0 aliphatic heterocycles. The van der Waals surface area contributed by atoms with Crippen LogP contribution in [0.4, 0.5) is 11.4 Å². The Morgan fingerprint density at radius 3 is 2.54 bits per heavy atom. The number of thioether (sulfide) groups is 1. The Bertz CT molecular complexity index is 744. The van der Waals surface area contributed by atoms with Crippen LogP contribution in [0.2, 0.25) is 0 Å². The summed E-state index contributed by atoms with van der Waals surface area (Å²) in [4.78, 5) is 24.3. The van der Waals surface area contributed by atoms with E-state index in [2.05, 4.69) is 17.6 Å². The van der Waals surface area contributed by atoms with Gasteiger partial charge in [-0.1, -0.05) is 31.2 Å². The lowest BCUT2D eigenvalue weighted by Gasteiger charge is -2.13. The van der Waals surface area contributed by atoms with E-state index in [-0.39, 0.29) is 11.8 Å². The summed E-state index contributed by atoms with van der Waals surface area (Å²) in [6.45, 7) is 5.55. The Morgan fingerprint density at radius 1 is 1.08 bits per heavy atom. The van der Waals surface area contributed by atoms with Gasteiger partial charge in [0.25, 0.3) is 0 Å². The number of aryl methyl sites for hydroxylation is 2. The van der Waals surface area contributed by atoms with E-state index in [9.17, 15) is 9.59 Å². The Labute approximate surface area is 147 Å². The summed E-state index contributed by atoms with van der Waals surface area (Å²) in [6, 6.07) is 13.5. The second-order valence-electron chi connectivity index (χ2n) is 5.51. The summed E-state index contributed by atoms with van der Waals surface area (Å²) in [5.74, 6) is 0.177. The van der Waals surface area contributed by atoms with Crippen LogP contribution in [0, 0.1) is 6.92 Å². The minimum Gasteiger partial charge on any atom is -0.326 e. The first-order valence-corrected chi connectivity index (χ1v) is 8.87. The van der Waals surface area contributed by atoms with Crippen LogP contribution in [0.3, 0.4) is 0 Å². The van der Waals surface area contributed by atoms with Crippen molar-refractivity contribution >= 4 is 35.0 Å². The highest BCUT2D eigenvalue weighted by Crippen LogP contribution is 2.24. The lowest BCUT2D eigenvalue weighted by Crippen LogP contribution is -2.16. The molecule has 0 fully saturated rings. The third-order valence-corrected chi connectivity index (χ3v) is 4.52. The van der Waals surface area contributed by atoms with Crippen LogP contribution in [-0.4, -0.2) is 17.6 Å². The van der Waals surface area contributed by atoms with Crippen molar-refractivity contribution in [1.29, 1.82) is 0 Å². The van der Waals surface area contributed by atoms with Gasteiger partial charge >= 0.3 is 0 Å². The Balaban J connectivity index is 1.98. The van der Waals surface area contributed by atoms with Crippen LogP contribution in [-0.2, 0) is 16.0 Å². The molecular formula is C19H22N2O2S. The third-order valence-electron chi connectivity index (χ3n) is 3.53. The smallest absolute Gasteiger partial charge is 0.234 e. The third kappa shape index (κ3) is 5.13. The predicted octanol–water partition coefficient (Wildman–Crippen LogP) is 4.25. The molecular weight excluding hydrogens is 320 g/mol. The molecule has 0 aliphatic rings. The molecule has 0 aromatic heterocycles. The highest BCUT2D eigenvalue weighted by atomic mass is 32.2. The Morgan fingerprint density at radius 2 is 1.83 bits per heavy atom. The molecule has 0 atom stereocenters. The number of anilines is 2. The number of amides is 2. The predicted molar refractivity (Wildman–Crippen MR) is 101 cm³/mol. The van der Waals surface area contributed by atoms with E-state index in [1.165, 1.54) is 18.7 Å². The Kier molecular flexibility index (Phi) is 6.44. The summed E-state index contributed by atoms with van der Waals surface area (Å²) >= 11 is 1.45. The molecule has 0 bridgehead atoms. The summed E-state index contributed by atoms with van der Waals surface area (Å²) in [5.41, 5.74) is 3.86. The van der Waals surface area contributed by atoms with Gasteiger partial charge < -0.3 is 10.6 Å². The second-order valence-corrected chi connectivity index (χ2v) is 6.56. The number of hydrogen-bond donors (Lipinski definition) is 2. The number of rotatable bonds is 6. The zero-order valence-corrected chi connectivity index (χ0v) is 15.0. The van der Waals surface area contributed by atoms with Crippen molar-refractivity contribution in [3.05, 3.63) is 53.6 Å². The topological polar surface area (TPSA) is 58.2 Å². The molecule has 2 N–H and O–H groups in total. The van der Waals surface area contributed by atoms with Gasteiger partial charge in [-0.2, -0.15) is 0 Å². The van der Waals surface area contributed by atoms with Crippen molar-refractivity contribution in [3.8, 4) is 0 Å². The second kappa shape index (κ2) is 8.55. The molecule has 2 aromatic carbocycles. The van der Waals surface area contributed by atoms with Crippen molar-refractivity contribution < 1.29 is 9.59 Å². The van der Waals surface area contributed by atoms with Gasteiger partial charge in [-0.25, -0.2) is 0 Å². The van der Waals surface area contributed by atoms with Crippen LogP contribution in [0.25, 0.3) is 0 Å². The Hall–Kier alpha value is -2.27. The zero-order valence-electron chi connectivity index (χ0n) is 14.2. The van der Waals surface area contributed by atoms with Crippen molar-refractivity contribution in [2.45, 2.75) is 32.1 Å². The van der Waals surface area contributed by atoms with Crippen LogP contribution in [0.5, 0.6) is 0 Å². The van der Waals surface area contributed by atoms with Crippen LogP contribution in [0.15, 0.2) is 47.4 Å². The summed E-state index contributed by atoms with van der Waals surface area (Å²) in [6.07, 6.45) is 0.878. The molecule has 0 heterocycles. The molecule has 0 aliphatic carbocycles. The number of nitrogens with one attached hydrogen (secondary N) is 2. The van der Waals surface area contributed by atoms with Crippen LogP contribution < -0.4 is 10.6 Å². The number of carbonyl (C=O) groups excluding carboxylic acids is 2. The van der Waals surface area contributed by atoms with Crippen LogP contribution >= 0.6 is 11.8 Å². The first-order valence-electron chi connectivity index (χ1n) is 7.88. The van der Waals surface area contributed by atoms with Gasteiger partial charge in [0.2, 0.25) is 11.8 Å². The van der Waals surface area contributed by atoms with Gasteiger partial charge in [0, 0.05) is 23.2 Å².